The molecule has 0 bridgehead atoms. The Morgan fingerprint density at radius 2 is 1.75 bits per heavy atom. The molecule has 1 aromatic heterocycles. The van der Waals surface area contributed by atoms with Gasteiger partial charge in [0.05, 0.1) is 0 Å². The van der Waals surface area contributed by atoms with Crippen molar-refractivity contribution < 1.29 is 9.59 Å². The van der Waals surface area contributed by atoms with E-state index in [9.17, 15) is 9.59 Å². The highest BCUT2D eigenvalue weighted by molar-refractivity contribution is 7.09. The van der Waals surface area contributed by atoms with Crippen molar-refractivity contribution in [1.82, 2.24) is 4.98 Å². The number of urea groups is 1. The molecule has 1 heterocycles. The molecular weight excluding hydrogens is 278 g/mol. The van der Waals surface area contributed by atoms with Gasteiger partial charge in [-0.3, -0.25) is 4.79 Å². The molecule has 104 valence electrons. The Morgan fingerprint density at radius 3 is 2.25 bits per heavy atom. The monoisotopic (exact) mass is 291 g/mol. The first kappa shape index (κ1) is 14.0. The Kier molecular flexibility index (Phi) is 4.28. The normalized spacial score (nSPS) is 10.1. The summed E-state index contributed by atoms with van der Waals surface area (Å²) < 4.78 is 0. The smallest absolute Gasteiger partial charge is 0.316 e. The lowest BCUT2D eigenvalue weighted by Crippen LogP contribution is -2.19. The van der Waals surface area contributed by atoms with Crippen LogP contribution >= 0.6 is 11.3 Å². The minimum absolute atomic E-state index is 0.309. The molecule has 2 rings (SSSR count). The summed E-state index contributed by atoms with van der Waals surface area (Å²) in [6.07, 6.45) is 0. The van der Waals surface area contributed by atoms with E-state index < -0.39 is 6.03 Å². The van der Waals surface area contributed by atoms with Crippen molar-refractivity contribution in [1.29, 1.82) is 0 Å². The van der Waals surface area contributed by atoms with Gasteiger partial charge in [0.25, 0.3) is 5.91 Å². The van der Waals surface area contributed by atoms with Crippen LogP contribution in [-0.4, -0.2) is 16.9 Å². The number of nitrogens with one attached hydrogen (secondary N) is 2. The molecule has 20 heavy (non-hydrogen) atoms. The highest BCUT2D eigenvalue weighted by atomic mass is 32.1. The van der Waals surface area contributed by atoms with Gasteiger partial charge in [-0.2, -0.15) is 0 Å². The molecule has 8 heteroatoms. The summed E-state index contributed by atoms with van der Waals surface area (Å²) >= 11 is 1.34. The zero-order valence-electron chi connectivity index (χ0n) is 10.4. The van der Waals surface area contributed by atoms with Crippen LogP contribution in [0.15, 0.2) is 29.6 Å². The average Bonchev–Trinajstić information content (AvgIpc) is 2.89. The fourth-order valence-electron chi connectivity index (χ4n) is 1.48. The molecule has 0 radical (unpaired) electrons. The topological polar surface area (TPSA) is 123 Å². The summed E-state index contributed by atoms with van der Waals surface area (Å²) in [7, 11) is 0. The number of hydrogen-bond donors (Lipinski definition) is 4. The van der Waals surface area contributed by atoms with Crippen molar-refractivity contribution in [2.45, 2.75) is 6.54 Å². The summed E-state index contributed by atoms with van der Waals surface area (Å²) in [5.74, 6) is -0.309. The maximum atomic E-state index is 11.9. The first-order valence-electron chi connectivity index (χ1n) is 5.71. The van der Waals surface area contributed by atoms with Gasteiger partial charge >= 0.3 is 6.03 Å². The van der Waals surface area contributed by atoms with Gasteiger partial charge in [-0.1, -0.05) is 0 Å². The first-order valence-corrected chi connectivity index (χ1v) is 6.59. The fraction of sp³-hybridized carbons (Fsp3) is 0.0833. The maximum Gasteiger partial charge on any atom is 0.316 e. The summed E-state index contributed by atoms with van der Waals surface area (Å²) in [4.78, 5) is 26.7. The number of anilines is 2. The van der Waals surface area contributed by atoms with Gasteiger partial charge in [0.1, 0.15) is 10.7 Å². The fourth-order valence-corrected chi connectivity index (χ4v) is 2.14. The average molecular weight is 291 g/mol. The number of nitrogens with zero attached hydrogens (tertiary/aromatic N) is 1. The SMILES string of the molecule is NCc1nc(C(=O)Nc2ccc(NC(N)=O)cc2)cs1. The number of carbonyl (C=O) groups is 2. The predicted molar refractivity (Wildman–Crippen MR) is 77.6 cm³/mol. The van der Waals surface area contributed by atoms with Gasteiger partial charge in [-0.05, 0) is 24.3 Å². The van der Waals surface area contributed by atoms with Gasteiger partial charge in [0.15, 0.2) is 0 Å². The molecule has 3 amide bonds. The van der Waals surface area contributed by atoms with Crippen molar-refractivity contribution in [3.8, 4) is 0 Å². The van der Waals surface area contributed by atoms with Crippen LogP contribution < -0.4 is 22.1 Å². The van der Waals surface area contributed by atoms with Gasteiger partial charge in [0, 0.05) is 23.3 Å². The van der Waals surface area contributed by atoms with E-state index in [1.807, 2.05) is 0 Å². The molecule has 0 aliphatic heterocycles. The number of benzene rings is 1. The van der Waals surface area contributed by atoms with Crippen LogP contribution in [0.2, 0.25) is 0 Å². The summed E-state index contributed by atoms with van der Waals surface area (Å²) in [6.45, 7) is 0.311. The van der Waals surface area contributed by atoms with E-state index in [0.717, 1.165) is 0 Å². The van der Waals surface area contributed by atoms with Crippen LogP contribution in [0.3, 0.4) is 0 Å². The zero-order valence-corrected chi connectivity index (χ0v) is 11.2. The molecule has 7 nitrogen and oxygen atoms in total. The van der Waals surface area contributed by atoms with Crippen molar-refractivity contribution in [2.24, 2.45) is 11.5 Å². The molecule has 0 spiro atoms. The molecule has 1 aromatic carbocycles. The molecule has 0 atom stereocenters. The molecule has 0 saturated carbocycles. The predicted octanol–water partition coefficient (Wildman–Crippen LogP) is 1.34. The maximum absolute atomic E-state index is 11.9. The second-order valence-corrected chi connectivity index (χ2v) is 4.79. The lowest BCUT2D eigenvalue weighted by atomic mass is 10.2. The van der Waals surface area contributed by atoms with Gasteiger partial charge in [-0.25, -0.2) is 9.78 Å². The van der Waals surface area contributed by atoms with Crippen LogP contribution in [-0.2, 0) is 6.54 Å². The van der Waals surface area contributed by atoms with Gasteiger partial charge in [-0.15, -0.1) is 11.3 Å². The van der Waals surface area contributed by atoms with Crippen LogP contribution in [0, 0.1) is 0 Å². The third-order valence-electron chi connectivity index (χ3n) is 2.37. The second kappa shape index (κ2) is 6.13. The van der Waals surface area contributed by atoms with Crippen LogP contribution in [0.5, 0.6) is 0 Å². The quantitative estimate of drug-likeness (QED) is 0.678. The van der Waals surface area contributed by atoms with Gasteiger partial charge in [0.2, 0.25) is 0 Å². The summed E-state index contributed by atoms with van der Waals surface area (Å²) in [6, 6.07) is 5.93. The number of nitrogens with two attached hydrogens (primary N) is 2. The van der Waals surface area contributed by atoms with Crippen LogP contribution in [0.4, 0.5) is 16.2 Å². The van der Waals surface area contributed by atoms with E-state index in [-0.39, 0.29) is 5.91 Å². The number of rotatable bonds is 4. The zero-order chi connectivity index (χ0) is 14.5. The standard InChI is InChI=1S/C12H13N5O2S/c13-5-10-17-9(6-20-10)11(18)15-7-1-3-8(4-2-7)16-12(14)19/h1-4,6H,5,13H2,(H,15,18)(H3,14,16,19). The Bertz CT molecular complexity index is 623. The van der Waals surface area contributed by atoms with Crippen LogP contribution in [0.1, 0.15) is 15.5 Å². The molecular formula is C12H13N5O2S. The largest absolute Gasteiger partial charge is 0.351 e. The molecule has 0 aliphatic rings. The van der Waals surface area contributed by atoms with E-state index >= 15 is 0 Å². The molecule has 6 N–H and O–H groups in total. The number of hydrogen-bond acceptors (Lipinski definition) is 5. The van der Waals surface area contributed by atoms with E-state index in [1.165, 1.54) is 11.3 Å². The first-order chi connectivity index (χ1) is 9.58. The van der Waals surface area contributed by atoms with Crippen LogP contribution in [0.25, 0.3) is 0 Å². The second-order valence-electron chi connectivity index (χ2n) is 3.85. The Hall–Kier alpha value is -2.45. The Balaban J connectivity index is 2.02. The lowest BCUT2D eigenvalue weighted by molar-refractivity contribution is 0.102. The van der Waals surface area contributed by atoms with Crippen molar-refractivity contribution >= 4 is 34.6 Å². The molecule has 0 unspecified atom stereocenters. The van der Waals surface area contributed by atoms with Gasteiger partial charge < -0.3 is 22.1 Å². The van der Waals surface area contributed by atoms with Crippen molar-refractivity contribution in [3.63, 3.8) is 0 Å². The number of aromatic nitrogens is 1. The van der Waals surface area contributed by atoms with E-state index in [2.05, 4.69) is 15.6 Å². The van der Waals surface area contributed by atoms with Crippen molar-refractivity contribution in [3.05, 3.63) is 40.3 Å². The van der Waals surface area contributed by atoms with E-state index in [4.69, 9.17) is 11.5 Å². The Labute approximate surface area is 119 Å². The third kappa shape index (κ3) is 3.53. The molecule has 0 fully saturated rings. The lowest BCUT2D eigenvalue weighted by Gasteiger charge is -2.05. The minimum Gasteiger partial charge on any atom is -0.351 e. The summed E-state index contributed by atoms with van der Waals surface area (Å²) in [5, 5.41) is 7.48. The molecule has 0 aliphatic carbocycles. The van der Waals surface area contributed by atoms with Crippen molar-refractivity contribution in [2.75, 3.05) is 10.6 Å². The Morgan fingerprint density at radius 1 is 1.15 bits per heavy atom. The van der Waals surface area contributed by atoms with E-state index in [1.54, 1.807) is 29.6 Å². The number of amides is 3. The number of carbonyl (C=O) groups excluding carboxylic acids is 2. The molecule has 2 aromatic rings. The highest BCUT2D eigenvalue weighted by Crippen LogP contribution is 2.15. The number of thiazole rings is 1. The molecule has 0 saturated heterocycles. The van der Waals surface area contributed by atoms with E-state index in [0.29, 0.717) is 28.6 Å². The minimum atomic E-state index is -0.640. The highest BCUT2D eigenvalue weighted by Gasteiger charge is 2.10. The third-order valence-corrected chi connectivity index (χ3v) is 3.24. The summed E-state index contributed by atoms with van der Waals surface area (Å²) in [5.41, 5.74) is 11.9. The number of primary amides is 1.